The molecule has 0 aromatic carbocycles. The van der Waals surface area contributed by atoms with E-state index >= 15 is 0 Å². The van der Waals surface area contributed by atoms with Crippen LogP contribution in [0.25, 0.3) is 0 Å². The molecule has 0 amide bonds. The Morgan fingerprint density at radius 2 is 2.13 bits per heavy atom. The van der Waals surface area contributed by atoms with E-state index in [1.54, 1.807) is 0 Å². The molecular formula is C11H14Br2N2. The van der Waals surface area contributed by atoms with E-state index < -0.39 is 0 Å². The van der Waals surface area contributed by atoms with Crippen LogP contribution in [0.3, 0.4) is 0 Å². The first kappa shape index (κ1) is 11.6. The molecule has 0 saturated carbocycles. The molecule has 1 fully saturated rings. The number of pyridine rings is 1. The van der Waals surface area contributed by atoms with E-state index in [2.05, 4.69) is 62.1 Å². The topological polar surface area (TPSA) is 24.9 Å². The number of halogens is 2. The summed E-state index contributed by atoms with van der Waals surface area (Å²) in [5.74, 6) is 0.516. The molecule has 1 aromatic rings. The van der Waals surface area contributed by atoms with Crippen LogP contribution in [0.15, 0.2) is 21.2 Å². The fourth-order valence-electron chi connectivity index (χ4n) is 2.26. The summed E-state index contributed by atoms with van der Waals surface area (Å²) in [6.07, 6.45) is 3.03. The molecule has 4 heteroatoms. The van der Waals surface area contributed by atoms with Crippen LogP contribution in [0.2, 0.25) is 0 Å². The quantitative estimate of drug-likeness (QED) is 0.851. The third-order valence-corrected chi connectivity index (χ3v) is 4.01. The molecule has 2 heterocycles. The number of hydrogen-bond acceptors (Lipinski definition) is 2. The summed E-state index contributed by atoms with van der Waals surface area (Å²) in [4.78, 5) is 4.51. The van der Waals surface area contributed by atoms with Gasteiger partial charge in [0.2, 0.25) is 0 Å². The van der Waals surface area contributed by atoms with Crippen molar-refractivity contribution in [3.63, 3.8) is 0 Å². The highest BCUT2D eigenvalue weighted by atomic mass is 79.9. The van der Waals surface area contributed by atoms with Crippen LogP contribution in [0.5, 0.6) is 0 Å². The van der Waals surface area contributed by atoms with Crippen LogP contribution in [0, 0.1) is 0 Å². The first-order valence-corrected chi connectivity index (χ1v) is 6.73. The lowest BCUT2D eigenvalue weighted by molar-refractivity contribution is 0.567. The SMILES string of the molecule is CC1CC(c2ncc(Br)cc2Br)C(C)N1. The van der Waals surface area contributed by atoms with Gasteiger partial charge in [-0.05, 0) is 58.2 Å². The maximum absolute atomic E-state index is 4.51. The number of hydrogen-bond donors (Lipinski definition) is 1. The minimum atomic E-state index is 0.505. The number of nitrogens with one attached hydrogen (secondary N) is 1. The molecular weight excluding hydrogens is 320 g/mol. The molecule has 3 atom stereocenters. The maximum atomic E-state index is 4.51. The molecule has 0 radical (unpaired) electrons. The van der Waals surface area contributed by atoms with Gasteiger partial charge < -0.3 is 5.32 Å². The second-order valence-electron chi connectivity index (χ2n) is 4.22. The summed E-state index contributed by atoms with van der Waals surface area (Å²) in [5, 5.41) is 3.53. The summed E-state index contributed by atoms with van der Waals surface area (Å²) in [7, 11) is 0. The van der Waals surface area contributed by atoms with Gasteiger partial charge >= 0.3 is 0 Å². The van der Waals surface area contributed by atoms with Crippen LogP contribution in [-0.4, -0.2) is 17.1 Å². The normalized spacial score (nSPS) is 30.8. The molecule has 0 aliphatic carbocycles. The zero-order chi connectivity index (χ0) is 11.0. The third kappa shape index (κ3) is 2.43. The molecule has 1 aliphatic heterocycles. The van der Waals surface area contributed by atoms with Crippen LogP contribution >= 0.6 is 31.9 Å². The fraction of sp³-hybridized carbons (Fsp3) is 0.545. The maximum Gasteiger partial charge on any atom is 0.0593 e. The highest BCUT2D eigenvalue weighted by molar-refractivity contribution is 9.11. The Kier molecular flexibility index (Phi) is 3.48. The summed E-state index contributed by atoms with van der Waals surface area (Å²) >= 11 is 7.01. The molecule has 82 valence electrons. The second-order valence-corrected chi connectivity index (χ2v) is 5.99. The number of nitrogens with zero attached hydrogens (tertiary/aromatic N) is 1. The van der Waals surface area contributed by atoms with Gasteiger partial charge in [-0.1, -0.05) is 0 Å². The van der Waals surface area contributed by atoms with Gasteiger partial charge in [0.05, 0.1) is 5.69 Å². The van der Waals surface area contributed by atoms with E-state index in [-0.39, 0.29) is 0 Å². The van der Waals surface area contributed by atoms with E-state index in [0.717, 1.165) is 15.4 Å². The standard InChI is InChI=1S/C11H14Br2N2/c1-6-3-9(7(2)15-6)11-10(13)4-8(12)5-14-11/h4-7,9,15H,3H2,1-2H3. The Morgan fingerprint density at radius 3 is 2.67 bits per heavy atom. The van der Waals surface area contributed by atoms with Crippen molar-refractivity contribution in [1.82, 2.24) is 10.3 Å². The molecule has 1 aromatic heterocycles. The van der Waals surface area contributed by atoms with Crippen LogP contribution in [-0.2, 0) is 0 Å². The van der Waals surface area contributed by atoms with Gasteiger partial charge in [-0.3, -0.25) is 4.98 Å². The Bertz CT molecular complexity index is 368. The summed E-state index contributed by atoms with van der Waals surface area (Å²) in [6.45, 7) is 4.45. The minimum absolute atomic E-state index is 0.505. The number of rotatable bonds is 1. The van der Waals surface area contributed by atoms with Crippen molar-refractivity contribution in [2.45, 2.75) is 38.3 Å². The van der Waals surface area contributed by atoms with E-state index in [0.29, 0.717) is 18.0 Å². The molecule has 2 nitrogen and oxygen atoms in total. The predicted molar refractivity (Wildman–Crippen MR) is 69.1 cm³/mol. The van der Waals surface area contributed by atoms with Gasteiger partial charge in [0.1, 0.15) is 0 Å². The molecule has 1 N–H and O–H groups in total. The van der Waals surface area contributed by atoms with Crippen LogP contribution in [0.1, 0.15) is 31.9 Å². The lowest BCUT2D eigenvalue weighted by atomic mass is 9.96. The Labute approximate surface area is 107 Å². The summed E-state index contributed by atoms with van der Waals surface area (Å²) < 4.78 is 2.12. The molecule has 15 heavy (non-hydrogen) atoms. The molecule has 2 rings (SSSR count). The highest BCUT2D eigenvalue weighted by Gasteiger charge is 2.31. The van der Waals surface area contributed by atoms with E-state index in [9.17, 15) is 0 Å². The minimum Gasteiger partial charge on any atom is -0.311 e. The second kappa shape index (κ2) is 4.52. The van der Waals surface area contributed by atoms with Crippen molar-refractivity contribution in [2.24, 2.45) is 0 Å². The molecule has 0 spiro atoms. The van der Waals surface area contributed by atoms with Crippen molar-refractivity contribution >= 4 is 31.9 Å². The lowest BCUT2D eigenvalue weighted by Crippen LogP contribution is -2.26. The number of aromatic nitrogens is 1. The highest BCUT2D eigenvalue weighted by Crippen LogP contribution is 2.34. The van der Waals surface area contributed by atoms with Gasteiger partial charge in [0, 0.05) is 33.1 Å². The predicted octanol–water partition coefficient (Wildman–Crippen LogP) is 3.46. The van der Waals surface area contributed by atoms with Gasteiger partial charge in [-0.2, -0.15) is 0 Å². The molecule has 1 saturated heterocycles. The van der Waals surface area contributed by atoms with Crippen LogP contribution in [0.4, 0.5) is 0 Å². The van der Waals surface area contributed by atoms with Crippen molar-refractivity contribution in [2.75, 3.05) is 0 Å². The summed E-state index contributed by atoms with van der Waals surface area (Å²) in [5.41, 5.74) is 1.17. The third-order valence-electron chi connectivity index (χ3n) is 2.95. The fourth-order valence-corrected chi connectivity index (χ4v) is 3.55. The average molecular weight is 334 g/mol. The van der Waals surface area contributed by atoms with Gasteiger partial charge in [0.25, 0.3) is 0 Å². The smallest absolute Gasteiger partial charge is 0.0593 e. The first-order valence-electron chi connectivity index (χ1n) is 5.15. The molecule has 3 unspecified atom stereocenters. The summed E-state index contributed by atoms with van der Waals surface area (Å²) in [6, 6.07) is 3.16. The zero-order valence-corrected chi connectivity index (χ0v) is 12.0. The Hall–Kier alpha value is 0.0700. The van der Waals surface area contributed by atoms with Crippen molar-refractivity contribution in [3.05, 3.63) is 26.9 Å². The van der Waals surface area contributed by atoms with Crippen molar-refractivity contribution in [3.8, 4) is 0 Å². The van der Waals surface area contributed by atoms with Gasteiger partial charge in [-0.25, -0.2) is 0 Å². The van der Waals surface area contributed by atoms with Gasteiger partial charge in [0.15, 0.2) is 0 Å². The van der Waals surface area contributed by atoms with E-state index in [1.807, 2.05) is 6.20 Å². The van der Waals surface area contributed by atoms with E-state index in [4.69, 9.17) is 0 Å². The van der Waals surface area contributed by atoms with Crippen LogP contribution < -0.4 is 5.32 Å². The largest absolute Gasteiger partial charge is 0.311 e. The average Bonchev–Trinajstić information content (AvgIpc) is 2.45. The Morgan fingerprint density at radius 1 is 1.40 bits per heavy atom. The first-order chi connectivity index (χ1) is 7.08. The van der Waals surface area contributed by atoms with Crippen molar-refractivity contribution in [1.29, 1.82) is 0 Å². The van der Waals surface area contributed by atoms with Gasteiger partial charge in [-0.15, -0.1) is 0 Å². The van der Waals surface area contributed by atoms with E-state index in [1.165, 1.54) is 5.69 Å². The molecule has 1 aliphatic rings. The zero-order valence-electron chi connectivity index (χ0n) is 8.80. The monoisotopic (exact) mass is 332 g/mol. The Balaban J connectivity index is 2.29. The lowest BCUT2D eigenvalue weighted by Gasteiger charge is -2.15. The molecule has 0 bridgehead atoms. The van der Waals surface area contributed by atoms with Crippen molar-refractivity contribution < 1.29 is 0 Å².